The van der Waals surface area contributed by atoms with E-state index in [1.54, 1.807) is 0 Å². The first kappa shape index (κ1) is 23.4. The molecular formula is C30H32N2P2. The van der Waals surface area contributed by atoms with Gasteiger partial charge in [0.2, 0.25) is 0 Å². The summed E-state index contributed by atoms with van der Waals surface area (Å²) in [7, 11) is -1.39. The lowest BCUT2D eigenvalue weighted by Gasteiger charge is -2.44. The van der Waals surface area contributed by atoms with Crippen LogP contribution in [-0.2, 0) is 0 Å². The van der Waals surface area contributed by atoms with Crippen LogP contribution >= 0.6 is 16.1 Å². The lowest BCUT2D eigenvalue weighted by Crippen LogP contribution is -2.57. The Morgan fingerprint density at radius 2 is 0.706 bits per heavy atom. The first-order chi connectivity index (χ1) is 16.8. The molecule has 1 fully saturated rings. The summed E-state index contributed by atoms with van der Waals surface area (Å²) in [6.45, 7) is 0. The van der Waals surface area contributed by atoms with Crippen LogP contribution in [0.1, 0.15) is 32.1 Å². The van der Waals surface area contributed by atoms with Crippen molar-refractivity contribution in [1.29, 1.82) is 0 Å². The van der Waals surface area contributed by atoms with E-state index in [1.165, 1.54) is 40.5 Å². The SMILES string of the molecule is c1ccc(P(NC2(NP(c3ccccc3)c3ccccc3)CCCCC2)c2ccccc2)cc1. The average Bonchev–Trinajstić information content (AvgIpc) is 2.93. The molecule has 4 heteroatoms. The van der Waals surface area contributed by atoms with Crippen LogP contribution in [0, 0.1) is 0 Å². The summed E-state index contributed by atoms with van der Waals surface area (Å²) < 4.78 is 0. The van der Waals surface area contributed by atoms with Gasteiger partial charge < -0.3 is 0 Å². The summed E-state index contributed by atoms with van der Waals surface area (Å²) in [5.41, 5.74) is -0.104. The summed E-state index contributed by atoms with van der Waals surface area (Å²) in [6.07, 6.45) is 6.10. The zero-order valence-electron chi connectivity index (χ0n) is 19.5. The van der Waals surface area contributed by atoms with Crippen LogP contribution in [0.3, 0.4) is 0 Å². The first-order valence-corrected chi connectivity index (χ1v) is 14.9. The van der Waals surface area contributed by atoms with Gasteiger partial charge in [-0.1, -0.05) is 141 Å². The maximum absolute atomic E-state index is 4.24. The van der Waals surface area contributed by atoms with Crippen molar-refractivity contribution in [2.75, 3.05) is 0 Å². The zero-order chi connectivity index (χ0) is 23.1. The van der Waals surface area contributed by atoms with E-state index >= 15 is 0 Å². The molecule has 0 bridgehead atoms. The van der Waals surface area contributed by atoms with Gasteiger partial charge in [-0.25, -0.2) is 0 Å². The molecule has 5 rings (SSSR count). The van der Waals surface area contributed by atoms with Crippen LogP contribution in [0.15, 0.2) is 121 Å². The summed E-state index contributed by atoms with van der Waals surface area (Å²) in [5, 5.41) is 14.0. The fourth-order valence-corrected chi connectivity index (χ4v) is 9.19. The molecule has 0 amide bonds. The quantitative estimate of drug-likeness (QED) is 0.241. The van der Waals surface area contributed by atoms with Crippen LogP contribution in [-0.4, -0.2) is 5.66 Å². The van der Waals surface area contributed by atoms with Crippen molar-refractivity contribution in [3.8, 4) is 0 Å². The largest absolute Gasteiger partial charge is 0.270 e. The van der Waals surface area contributed by atoms with Crippen LogP contribution in [0.25, 0.3) is 0 Å². The number of hydrogen-bond acceptors (Lipinski definition) is 2. The fraction of sp³-hybridized carbons (Fsp3) is 0.200. The van der Waals surface area contributed by atoms with Crippen LogP contribution in [0.2, 0.25) is 0 Å². The van der Waals surface area contributed by atoms with Crippen LogP contribution in [0.5, 0.6) is 0 Å². The molecular weight excluding hydrogens is 450 g/mol. The monoisotopic (exact) mass is 482 g/mol. The molecule has 2 N–H and O–H groups in total. The Kier molecular flexibility index (Phi) is 7.84. The van der Waals surface area contributed by atoms with Crippen LogP contribution in [0.4, 0.5) is 0 Å². The molecule has 1 saturated carbocycles. The highest BCUT2D eigenvalue weighted by Crippen LogP contribution is 2.42. The van der Waals surface area contributed by atoms with E-state index in [1.807, 2.05) is 0 Å². The summed E-state index contributed by atoms with van der Waals surface area (Å²) in [6, 6.07) is 44.0. The highest BCUT2D eigenvalue weighted by Gasteiger charge is 2.37. The highest BCUT2D eigenvalue weighted by molar-refractivity contribution is 7.72. The Bertz CT molecular complexity index is 966. The predicted molar refractivity (Wildman–Crippen MR) is 150 cm³/mol. The van der Waals surface area contributed by atoms with Gasteiger partial charge in [-0.15, -0.1) is 0 Å². The third-order valence-corrected chi connectivity index (χ3v) is 11.0. The van der Waals surface area contributed by atoms with Gasteiger partial charge in [0.25, 0.3) is 0 Å². The Hall–Kier alpha value is -2.34. The summed E-state index contributed by atoms with van der Waals surface area (Å²) in [4.78, 5) is 0. The van der Waals surface area contributed by atoms with Crippen molar-refractivity contribution in [3.63, 3.8) is 0 Å². The molecule has 0 saturated heterocycles. The average molecular weight is 483 g/mol. The van der Waals surface area contributed by atoms with Crippen molar-refractivity contribution in [2.24, 2.45) is 0 Å². The number of hydrogen-bond donors (Lipinski definition) is 2. The van der Waals surface area contributed by atoms with Crippen molar-refractivity contribution in [3.05, 3.63) is 121 Å². The van der Waals surface area contributed by atoms with Crippen molar-refractivity contribution in [1.82, 2.24) is 10.2 Å². The van der Waals surface area contributed by atoms with E-state index in [-0.39, 0.29) is 5.66 Å². The molecule has 1 aliphatic rings. The Morgan fingerprint density at radius 3 is 1.00 bits per heavy atom. The molecule has 4 aromatic carbocycles. The molecule has 0 radical (unpaired) electrons. The summed E-state index contributed by atoms with van der Waals surface area (Å²) in [5.74, 6) is 0. The molecule has 0 aromatic heterocycles. The minimum absolute atomic E-state index is 0.104. The summed E-state index contributed by atoms with van der Waals surface area (Å²) >= 11 is 0. The molecule has 0 atom stereocenters. The normalized spacial score (nSPS) is 15.5. The Labute approximate surface area is 206 Å². The van der Waals surface area contributed by atoms with Gasteiger partial charge in [0, 0.05) is 16.1 Å². The van der Waals surface area contributed by atoms with E-state index in [9.17, 15) is 0 Å². The second-order valence-corrected chi connectivity index (χ2v) is 12.7. The molecule has 4 aromatic rings. The smallest absolute Gasteiger partial charge is 0.0761 e. The molecule has 0 heterocycles. The lowest BCUT2D eigenvalue weighted by molar-refractivity contribution is 0.260. The van der Waals surface area contributed by atoms with Crippen LogP contribution < -0.4 is 31.4 Å². The minimum atomic E-state index is -0.693. The number of rotatable bonds is 8. The first-order valence-electron chi connectivity index (χ1n) is 12.2. The van der Waals surface area contributed by atoms with Gasteiger partial charge in [0.1, 0.15) is 0 Å². The van der Waals surface area contributed by atoms with Gasteiger partial charge in [0.05, 0.1) is 5.66 Å². The zero-order valence-corrected chi connectivity index (χ0v) is 21.3. The second kappa shape index (κ2) is 11.4. The van der Waals surface area contributed by atoms with E-state index in [2.05, 4.69) is 132 Å². The van der Waals surface area contributed by atoms with Gasteiger partial charge >= 0.3 is 0 Å². The number of benzene rings is 4. The predicted octanol–water partition coefficient (Wildman–Crippen LogP) is 5.92. The second-order valence-electron chi connectivity index (χ2n) is 8.88. The van der Waals surface area contributed by atoms with E-state index in [4.69, 9.17) is 0 Å². The molecule has 1 aliphatic carbocycles. The van der Waals surface area contributed by atoms with Gasteiger partial charge in [-0.3, -0.25) is 10.2 Å². The Morgan fingerprint density at radius 1 is 0.412 bits per heavy atom. The van der Waals surface area contributed by atoms with Gasteiger partial charge in [-0.2, -0.15) is 0 Å². The van der Waals surface area contributed by atoms with Crippen molar-refractivity contribution in [2.45, 2.75) is 37.8 Å². The lowest BCUT2D eigenvalue weighted by atomic mass is 9.91. The molecule has 0 aliphatic heterocycles. The third kappa shape index (κ3) is 5.65. The van der Waals surface area contributed by atoms with Crippen molar-refractivity contribution >= 4 is 37.4 Å². The van der Waals surface area contributed by atoms with Gasteiger partial charge in [-0.05, 0) is 34.1 Å². The van der Waals surface area contributed by atoms with E-state index in [0.29, 0.717) is 0 Å². The van der Waals surface area contributed by atoms with E-state index in [0.717, 1.165) is 12.8 Å². The maximum Gasteiger partial charge on any atom is 0.0761 e. The molecule has 0 spiro atoms. The standard InChI is InChI=1S/C30H32N2P2/c1-6-16-26(17-7-1)33(27-18-8-2-9-19-27)31-30(24-14-5-15-25-30)32-34(28-20-10-3-11-21-28)29-22-12-4-13-23-29/h1-4,6-13,16-23,31-32H,5,14-15,24-25H2. The maximum atomic E-state index is 4.24. The number of nitrogens with one attached hydrogen (secondary N) is 2. The van der Waals surface area contributed by atoms with E-state index < -0.39 is 16.1 Å². The fourth-order valence-electron chi connectivity index (χ4n) is 4.70. The third-order valence-electron chi connectivity index (χ3n) is 6.42. The Balaban J connectivity index is 1.53. The van der Waals surface area contributed by atoms with Gasteiger partial charge in [0.15, 0.2) is 0 Å². The molecule has 2 nitrogen and oxygen atoms in total. The molecule has 172 valence electrons. The highest BCUT2D eigenvalue weighted by atomic mass is 31.1. The molecule has 34 heavy (non-hydrogen) atoms. The van der Waals surface area contributed by atoms with Crippen molar-refractivity contribution < 1.29 is 0 Å². The molecule has 0 unspecified atom stereocenters. The minimum Gasteiger partial charge on any atom is -0.270 e. The topological polar surface area (TPSA) is 24.1 Å².